The average molecular weight is 403 g/mol. The minimum absolute atomic E-state index is 0.187. The summed E-state index contributed by atoms with van der Waals surface area (Å²) in [6.45, 7) is 2.42. The Labute approximate surface area is 163 Å². The normalized spacial score (nSPS) is 13.6. The molecule has 0 aliphatic carbocycles. The summed E-state index contributed by atoms with van der Waals surface area (Å²) in [5.41, 5.74) is 3.80. The number of thiazole rings is 1. The topological polar surface area (TPSA) is 85.2 Å². The summed E-state index contributed by atoms with van der Waals surface area (Å²) in [4.78, 5) is 27.0. The van der Waals surface area contributed by atoms with Gasteiger partial charge in [-0.15, -0.1) is 11.3 Å². The molecule has 0 radical (unpaired) electrons. The smallest absolute Gasteiger partial charge is 0.267 e. The number of hydrogen-bond donors (Lipinski definition) is 1. The molecule has 0 aromatic carbocycles. The van der Waals surface area contributed by atoms with E-state index in [9.17, 15) is 4.79 Å². The van der Waals surface area contributed by atoms with Crippen molar-refractivity contribution in [2.24, 2.45) is 0 Å². The van der Waals surface area contributed by atoms with E-state index in [0.717, 1.165) is 16.3 Å². The van der Waals surface area contributed by atoms with Crippen LogP contribution < -0.4 is 16.2 Å². The van der Waals surface area contributed by atoms with Crippen molar-refractivity contribution in [3.05, 3.63) is 73.9 Å². The fourth-order valence-corrected chi connectivity index (χ4v) is 3.48. The number of nitrogens with zero attached hydrogens (tertiary/aromatic N) is 5. The Morgan fingerprint density at radius 3 is 2.96 bits per heavy atom. The Hall–Kier alpha value is -2.75. The standard InChI is InChI=1S/C17H15ClN6O2S/c1-2-16-20-8-13(27-16)9-24-17(25)4-3-14(21-24)15-10-23(22-26-15)12-5-11(18)6-19-7-12/h3-8,10,22H,2,9H2,1H3. The Bertz CT molecular complexity index is 1060. The highest BCUT2D eigenvalue weighted by Gasteiger charge is 2.19. The zero-order valence-corrected chi connectivity index (χ0v) is 15.9. The van der Waals surface area contributed by atoms with E-state index >= 15 is 0 Å². The number of aryl methyl sites for hydroxylation is 1. The minimum Gasteiger partial charge on any atom is -0.385 e. The fraction of sp³-hybridized carbons (Fsp3) is 0.176. The molecule has 8 nitrogen and oxygen atoms in total. The molecule has 27 heavy (non-hydrogen) atoms. The summed E-state index contributed by atoms with van der Waals surface area (Å²) in [7, 11) is 0. The first kappa shape index (κ1) is 17.7. The molecular weight excluding hydrogens is 388 g/mol. The van der Waals surface area contributed by atoms with Gasteiger partial charge in [0.2, 0.25) is 0 Å². The highest BCUT2D eigenvalue weighted by atomic mass is 35.5. The molecule has 0 saturated heterocycles. The molecule has 4 heterocycles. The van der Waals surface area contributed by atoms with Crippen LogP contribution in [0.5, 0.6) is 0 Å². The van der Waals surface area contributed by atoms with Crippen LogP contribution in [0.3, 0.4) is 0 Å². The maximum atomic E-state index is 12.2. The first-order valence-corrected chi connectivity index (χ1v) is 9.38. The average Bonchev–Trinajstić information content (AvgIpc) is 3.33. The highest BCUT2D eigenvalue weighted by molar-refractivity contribution is 7.11. The van der Waals surface area contributed by atoms with Crippen LogP contribution in [-0.4, -0.2) is 19.7 Å². The van der Waals surface area contributed by atoms with E-state index in [1.807, 2.05) is 6.92 Å². The quantitative estimate of drug-likeness (QED) is 0.702. The summed E-state index contributed by atoms with van der Waals surface area (Å²) in [6.07, 6.45) is 7.56. The van der Waals surface area contributed by atoms with Crippen LogP contribution in [-0.2, 0) is 17.8 Å². The zero-order chi connectivity index (χ0) is 18.8. The number of aromatic nitrogens is 4. The van der Waals surface area contributed by atoms with E-state index in [0.29, 0.717) is 28.7 Å². The molecule has 0 amide bonds. The van der Waals surface area contributed by atoms with E-state index in [2.05, 4.69) is 20.7 Å². The van der Waals surface area contributed by atoms with Gasteiger partial charge in [0.15, 0.2) is 5.76 Å². The Morgan fingerprint density at radius 2 is 2.19 bits per heavy atom. The van der Waals surface area contributed by atoms with Gasteiger partial charge in [-0.3, -0.25) is 9.78 Å². The Kier molecular flexibility index (Phi) is 4.88. The van der Waals surface area contributed by atoms with Crippen LogP contribution in [0.4, 0.5) is 5.69 Å². The molecule has 1 aliphatic rings. The third-order valence-corrected chi connectivity index (χ3v) is 5.13. The van der Waals surface area contributed by atoms with Gasteiger partial charge in [0.1, 0.15) is 5.69 Å². The summed E-state index contributed by atoms with van der Waals surface area (Å²) in [5, 5.41) is 7.58. The first-order valence-electron chi connectivity index (χ1n) is 8.18. The van der Waals surface area contributed by atoms with Gasteiger partial charge in [0.25, 0.3) is 5.56 Å². The molecular formula is C17H15ClN6O2S. The number of hydrazine groups is 1. The van der Waals surface area contributed by atoms with E-state index in [1.165, 1.54) is 10.7 Å². The molecule has 0 unspecified atom stereocenters. The van der Waals surface area contributed by atoms with Crippen molar-refractivity contribution in [2.75, 3.05) is 5.01 Å². The molecule has 0 saturated carbocycles. The van der Waals surface area contributed by atoms with Gasteiger partial charge < -0.3 is 4.84 Å². The molecule has 0 atom stereocenters. The molecule has 3 aromatic heterocycles. The third kappa shape index (κ3) is 3.85. The first-order chi connectivity index (χ1) is 13.1. The molecule has 0 bridgehead atoms. The lowest BCUT2D eigenvalue weighted by molar-refractivity contribution is 0.179. The SMILES string of the molecule is CCc1ncc(Cn2nc(C3=CN(c4cncc(Cl)c4)NO3)ccc2=O)s1. The molecule has 1 N–H and O–H groups in total. The number of nitrogens with one attached hydrogen (secondary N) is 1. The third-order valence-electron chi connectivity index (χ3n) is 3.80. The summed E-state index contributed by atoms with van der Waals surface area (Å²) in [6, 6.07) is 4.84. The van der Waals surface area contributed by atoms with Crippen molar-refractivity contribution >= 4 is 34.4 Å². The molecule has 1 aliphatic heterocycles. The van der Waals surface area contributed by atoms with E-state index in [1.54, 1.807) is 53.3 Å². The van der Waals surface area contributed by atoms with Crippen LogP contribution in [0.1, 0.15) is 22.5 Å². The van der Waals surface area contributed by atoms with E-state index < -0.39 is 0 Å². The van der Waals surface area contributed by atoms with Crippen molar-refractivity contribution in [2.45, 2.75) is 19.9 Å². The number of pyridine rings is 1. The maximum Gasteiger partial charge on any atom is 0.267 e. The lowest BCUT2D eigenvalue weighted by atomic mass is 10.3. The van der Waals surface area contributed by atoms with Gasteiger partial charge >= 0.3 is 0 Å². The summed E-state index contributed by atoms with van der Waals surface area (Å²) in [5.74, 6) is 0.474. The second-order valence-electron chi connectivity index (χ2n) is 5.71. The van der Waals surface area contributed by atoms with Gasteiger partial charge in [-0.25, -0.2) is 14.7 Å². The summed E-state index contributed by atoms with van der Waals surface area (Å²) < 4.78 is 1.40. The minimum atomic E-state index is -0.187. The second kappa shape index (κ2) is 7.47. The molecule has 0 spiro atoms. The van der Waals surface area contributed by atoms with Gasteiger partial charge in [-0.2, -0.15) is 5.10 Å². The van der Waals surface area contributed by atoms with Crippen LogP contribution >= 0.6 is 22.9 Å². The number of anilines is 1. The van der Waals surface area contributed by atoms with Gasteiger partial charge in [0, 0.05) is 23.3 Å². The summed E-state index contributed by atoms with van der Waals surface area (Å²) >= 11 is 7.55. The molecule has 138 valence electrons. The lowest BCUT2D eigenvalue weighted by Crippen LogP contribution is -2.27. The number of halogens is 1. The number of hydrogen-bond acceptors (Lipinski definition) is 8. The maximum absolute atomic E-state index is 12.2. The molecule has 4 rings (SSSR count). The van der Waals surface area contributed by atoms with Gasteiger partial charge in [-0.05, 0) is 18.6 Å². The van der Waals surface area contributed by atoms with Crippen LogP contribution in [0.15, 0.2) is 47.8 Å². The van der Waals surface area contributed by atoms with E-state index in [-0.39, 0.29) is 5.56 Å². The van der Waals surface area contributed by atoms with E-state index in [4.69, 9.17) is 16.4 Å². The molecule has 0 fully saturated rings. The Balaban J connectivity index is 1.59. The van der Waals surface area contributed by atoms with Crippen molar-refractivity contribution in [1.82, 2.24) is 25.3 Å². The monoisotopic (exact) mass is 402 g/mol. The predicted octanol–water partition coefficient (Wildman–Crippen LogP) is 2.61. The second-order valence-corrected chi connectivity index (χ2v) is 7.34. The Morgan fingerprint density at radius 1 is 1.30 bits per heavy atom. The van der Waals surface area contributed by atoms with Gasteiger partial charge in [0.05, 0.1) is 34.7 Å². The largest absolute Gasteiger partial charge is 0.385 e. The van der Waals surface area contributed by atoms with Crippen LogP contribution in [0, 0.1) is 0 Å². The fourth-order valence-electron chi connectivity index (χ4n) is 2.47. The number of rotatable bonds is 5. The van der Waals surface area contributed by atoms with Crippen molar-refractivity contribution in [3.63, 3.8) is 0 Å². The molecule has 10 heteroatoms. The zero-order valence-electron chi connectivity index (χ0n) is 14.3. The van der Waals surface area contributed by atoms with Crippen molar-refractivity contribution < 1.29 is 4.84 Å². The van der Waals surface area contributed by atoms with Crippen LogP contribution in [0.2, 0.25) is 5.02 Å². The molecule has 3 aromatic rings. The predicted molar refractivity (Wildman–Crippen MR) is 103 cm³/mol. The van der Waals surface area contributed by atoms with Crippen molar-refractivity contribution in [3.8, 4) is 0 Å². The van der Waals surface area contributed by atoms with Gasteiger partial charge in [-0.1, -0.05) is 24.1 Å². The highest BCUT2D eigenvalue weighted by Crippen LogP contribution is 2.24. The van der Waals surface area contributed by atoms with Crippen molar-refractivity contribution in [1.29, 1.82) is 0 Å². The lowest BCUT2D eigenvalue weighted by Gasteiger charge is -2.12. The van der Waals surface area contributed by atoms with Crippen LogP contribution in [0.25, 0.3) is 5.76 Å².